The Morgan fingerprint density at radius 2 is 1.20 bits per heavy atom. The summed E-state index contributed by atoms with van der Waals surface area (Å²) in [6.45, 7) is 0.0421. The summed E-state index contributed by atoms with van der Waals surface area (Å²) in [5.74, 6) is 0. The Labute approximate surface area is 228 Å². The molecule has 0 spiro atoms. The number of furan rings is 1. The van der Waals surface area contributed by atoms with Crippen LogP contribution in [-0.2, 0) is 0 Å². The van der Waals surface area contributed by atoms with E-state index in [2.05, 4.69) is 124 Å². The Bertz CT molecular complexity index is 2610. The van der Waals surface area contributed by atoms with Crippen molar-refractivity contribution < 1.29 is 4.42 Å². The van der Waals surface area contributed by atoms with E-state index < -0.39 is 0 Å². The molecule has 2 aliphatic heterocycles. The maximum Gasteiger partial charge on any atom is 0.333 e. The fourth-order valence-electron chi connectivity index (χ4n) is 8.05. The maximum atomic E-state index is 6.70. The molecule has 40 heavy (non-hydrogen) atoms. The van der Waals surface area contributed by atoms with Crippen molar-refractivity contribution >= 4 is 83.3 Å². The zero-order valence-corrected chi connectivity index (χ0v) is 21.3. The van der Waals surface area contributed by atoms with E-state index in [-0.39, 0.29) is 6.85 Å². The van der Waals surface area contributed by atoms with E-state index in [1.165, 1.54) is 82.1 Å². The summed E-state index contributed by atoms with van der Waals surface area (Å²) in [4.78, 5) is 0. The first-order valence-corrected chi connectivity index (χ1v) is 13.9. The summed E-state index contributed by atoms with van der Waals surface area (Å²) < 4.78 is 11.8. The number of rotatable bonds is 0. The van der Waals surface area contributed by atoms with Gasteiger partial charge in [0.15, 0.2) is 5.58 Å². The lowest BCUT2D eigenvalue weighted by Crippen LogP contribution is -2.55. The molecule has 0 N–H and O–H groups in total. The molecule has 0 aliphatic carbocycles. The second kappa shape index (κ2) is 6.49. The lowest BCUT2D eigenvalue weighted by atomic mass is 9.45. The molecular formula is C36H19BN2O. The average Bonchev–Trinajstić information content (AvgIpc) is 3.66. The minimum absolute atomic E-state index is 0.0421. The van der Waals surface area contributed by atoms with Gasteiger partial charge in [-0.1, -0.05) is 91.0 Å². The molecule has 0 radical (unpaired) electrons. The topological polar surface area (TPSA) is 23.0 Å². The lowest BCUT2D eigenvalue weighted by Gasteiger charge is -2.33. The van der Waals surface area contributed by atoms with Crippen LogP contribution in [0.3, 0.4) is 0 Å². The molecule has 3 aromatic heterocycles. The Balaban J connectivity index is 1.43. The zero-order chi connectivity index (χ0) is 25.7. The number of nitrogens with zero attached hydrogens (tertiary/aromatic N) is 2. The third-order valence-electron chi connectivity index (χ3n) is 9.50. The summed E-state index contributed by atoms with van der Waals surface area (Å²) in [5.41, 5.74) is 13.6. The molecule has 0 atom stereocenters. The minimum atomic E-state index is 0.0421. The molecule has 5 heterocycles. The van der Waals surface area contributed by atoms with Gasteiger partial charge in [-0.15, -0.1) is 0 Å². The largest absolute Gasteiger partial charge is 0.454 e. The molecule has 6 aromatic carbocycles. The smallest absolute Gasteiger partial charge is 0.333 e. The highest BCUT2D eigenvalue weighted by molar-refractivity contribution is 6.90. The fraction of sp³-hybridized carbons (Fsp3) is 0. The molecule has 11 rings (SSSR count). The Kier molecular flexibility index (Phi) is 3.21. The third kappa shape index (κ3) is 2.03. The maximum absolute atomic E-state index is 6.70. The Morgan fingerprint density at radius 1 is 0.500 bits per heavy atom. The molecule has 182 valence electrons. The third-order valence-corrected chi connectivity index (χ3v) is 9.50. The number of hydrogen-bond donors (Lipinski definition) is 0. The molecule has 0 bridgehead atoms. The van der Waals surface area contributed by atoms with Crippen molar-refractivity contribution in [3.8, 4) is 16.8 Å². The number of hydrogen-bond acceptors (Lipinski definition) is 1. The highest BCUT2D eigenvalue weighted by Gasteiger charge is 2.41. The molecule has 0 fully saturated rings. The first kappa shape index (κ1) is 19.8. The van der Waals surface area contributed by atoms with Crippen molar-refractivity contribution in [2.24, 2.45) is 0 Å². The van der Waals surface area contributed by atoms with Gasteiger partial charge in [0.1, 0.15) is 5.58 Å². The second-order valence-corrected chi connectivity index (χ2v) is 11.2. The van der Waals surface area contributed by atoms with Crippen molar-refractivity contribution in [1.82, 2.24) is 9.05 Å². The van der Waals surface area contributed by atoms with E-state index in [0.29, 0.717) is 0 Å². The summed E-state index contributed by atoms with van der Waals surface area (Å²) in [6, 6.07) is 42.3. The lowest BCUT2D eigenvalue weighted by molar-refractivity contribution is 0.671. The van der Waals surface area contributed by atoms with Gasteiger partial charge in [0, 0.05) is 49.1 Å². The summed E-state index contributed by atoms with van der Waals surface area (Å²) >= 11 is 0. The van der Waals surface area contributed by atoms with Crippen LogP contribution in [0, 0.1) is 0 Å². The van der Waals surface area contributed by atoms with Crippen molar-refractivity contribution in [3.05, 3.63) is 115 Å². The van der Waals surface area contributed by atoms with Gasteiger partial charge in [-0.05, 0) is 40.8 Å². The van der Waals surface area contributed by atoms with Gasteiger partial charge in [0.05, 0.1) is 16.6 Å². The predicted octanol–water partition coefficient (Wildman–Crippen LogP) is 7.74. The Morgan fingerprint density at radius 3 is 2.15 bits per heavy atom. The number of aromatic nitrogens is 2. The monoisotopic (exact) mass is 506 g/mol. The summed E-state index contributed by atoms with van der Waals surface area (Å²) in [5, 5.41) is 7.48. The first-order chi connectivity index (χ1) is 19.9. The average molecular weight is 506 g/mol. The second-order valence-electron chi connectivity index (χ2n) is 11.2. The summed E-state index contributed by atoms with van der Waals surface area (Å²) in [7, 11) is 0. The molecule has 0 saturated carbocycles. The van der Waals surface area contributed by atoms with Gasteiger partial charge in [0.25, 0.3) is 0 Å². The van der Waals surface area contributed by atoms with Crippen LogP contribution in [0.15, 0.2) is 120 Å². The van der Waals surface area contributed by atoms with E-state index in [4.69, 9.17) is 4.42 Å². The van der Waals surface area contributed by atoms with Gasteiger partial charge in [0.2, 0.25) is 0 Å². The standard InChI is InChI=1S/C36H19BN2O/c1-3-15-29-20(8-1)23-13-6-14-28-34(23)38(29)30-16-7-10-22-24-11-5-12-25-26-18-19-27-21-9-2-4-17-31(21)40-36(27)35(26)39(33(24)25)37(28)32(22)30/h1-19H. The highest BCUT2D eigenvalue weighted by atomic mass is 16.3. The number of benzene rings is 6. The van der Waals surface area contributed by atoms with Crippen molar-refractivity contribution in [3.63, 3.8) is 0 Å². The van der Waals surface area contributed by atoms with E-state index in [1.807, 2.05) is 0 Å². The predicted molar refractivity (Wildman–Crippen MR) is 167 cm³/mol. The van der Waals surface area contributed by atoms with Gasteiger partial charge in [-0.3, -0.25) is 0 Å². The van der Waals surface area contributed by atoms with Gasteiger partial charge in [-0.2, -0.15) is 0 Å². The Hall–Kier alpha value is -5.22. The minimum Gasteiger partial charge on any atom is -0.454 e. The van der Waals surface area contributed by atoms with Crippen LogP contribution in [0.5, 0.6) is 0 Å². The first-order valence-electron chi connectivity index (χ1n) is 13.9. The number of fused-ring (bicyclic) bond motifs is 14. The molecule has 0 saturated heterocycles. The van der Waals surface area contributed by atoms with E-state index in [9.17, 15) is 0 Å². The van der Waals surface area contributed by atoms with E-state index in [1.54, 1.807) is 0 Å². The fourth-order valence-corrected chi connectivity index (χ4v) is 8.05. The zero-order valence-electron chi connectivity index (χ0n) is 21.3. The normalized spacial score (nSPS) is 13.4. The van der Waals surface area contributed by atoms with Crippen LogP contribution in [0.1, 0.15) is 0 Å². The van der Waals surface area contributed by atoms with Gasteiger partial charge < -0.3 is 13.5 Å². The highest BCUT2D eigenvalue weighted by Crippen LogP contribution is 2.45. The van der Waals surface area contributed by atoms with Crippen molar-refractivity contribution in [2.45, 2.75) is 0 Å². The van der Waals surface area contributed by atoms with E-state index in [0.717, 1.165) is 11.2 Å². The van der Waals surface area contributed by atoms with E-state index >= 15 is 0 Å². The van der Waals surface area contributed by atoms with Gasteiger partial charge >= 0.3 is 6.85 Å². The molecule has 4 heteroatoms. The van der Waals surface area contributed by atoms with Crippen LogP contribution < -0.4 is 10.9 Å². The molecule has 0 amide bonds. The van der Waals surface area contributed by atoms with Crippen LogP contribution in [0.4, 0.5) is 0 Å². The van der Waals surface area contributed by atoms with Crippen molar-refractivity contribution in [2.75, 3.05) is 0 Å². The van der Waals surface area contributed by atoms with Crippen LogP contribution in [0.2, 0.25) is 0 Å². The molecule has 3 nitrogen and oxygen atoms in total. The molecular weight excluding hydrogens is 487 g/mol. The molecule has 2 aliphatic rings. The summed E-state index contributed by atoms with van der Waals surface area (Å²) in [6.07, 6.45) is 0. The SMILES string of the molecule is c1cc2c3c(c1)-n1c4ccccc4c4cccc(c41)B3n1c3c-2cccc3c2ccc3c4ccccc4oc3c21. The quantitative estimate of drug-likeness (QED) is 0.193. The van der Waals surface area contributed by atoms with Crippen LogP contribution >= 0.6 is 0 Å². The van der Waals surface area contributed by atoms with Gasteiger partial charge in [-0.25, -0.2) is 0 Å². The molecule has 0 unspecified atom stereocenters. The number of para-hydroxylation sites is 4. The van der Waals surface area contributed by atoms with Crippen LogP contribution in [0.25, 0.3) is 82.4 Å². The van der Waals surface area contributed by atoms with Crippen molar-refractivity contribution in [1.29, 1.82) is 0 Å². The van der Waals surface area contributed by atoms with Crippen LogP contribution in [-0.4, -0.2) is 15.9 Å². The molecule has 9 aromatic rings.